The van der Waals surface area contributed by atoms with Crippen molar-refractivity contribution in [1.82, 2.24) is 4.98 Å². The van der Waals surface area contributed by atoms with Crippen LogP contribution in [0.2, 0.25) is 0 Å². The van der Waals surface area contributed by atoms with Crippen molar-refractivity contribution >= 4 is 29.4 Å². The Morgan fingerprint density at radius 1 is 1.28 bits per heavy atom. The van der Waals surface area contributed by atoms with Crippen LogP contribution in [0.3, 0.4) is 0 Å². The highest BCUT2D eigenvalue weighted by Crippen LogP contribution is 2.27. The maximum Gasteiger partial charge on any atom is 0.434 e. The molecular formula is C17H20F4N4O4. The highest BCUT2D eigenvalue weighted by molar-refractivity contribution is 6.22. The molecule has 0 bridgehead atoms. The summed E-state index contributed by atoms with van der Waals surface area (Å²) in [5.41, 5.74) is 1.49. The number of aromatic nitrogens is 1. The van der Waals surface area contributed by atoms with Crippen LogP contribution in [0.15, 0.2) is 28.9 Å². The third kappa shape index (κ3) is 7.39. The molecule has 160 valence electrons. The second kappa shape index (κ2) is 9.34. The molecule has 0 unspecified atom stereocenters. The van der Waals surface area contributed by atoms with Crippen LogP contribution in [0.1, 0.15) is 27.7 Å². The van der Waals surface area contributed by atoms with E-state index < -0.39 is 52.6 Å². The quantitative estimate of drug-likeness (QED) is 0.325. The molecule has 0 saturated carbocycles. The van der Waals surface area contributed by atoms with Gasteiger partial charge >= 0.3 is 18.2 Å². The maximum absolute atomic E-state index is 13.9. The molecule has 1 rings (SSSR count). The van der Waals surface area contributed by atoms with Gasteiger partial charge in [-0.15, -0.1) is 0 Å². The summed E-state index contributed by atoms with van der Waals surface area (Å²) < 4.78 is 63.5. The van der Waals surface area contributed by atoms with E-state index in [-0.39, 0.29) is 6.61 Å². The number of alkyl halides is 3. The van der Waals surface area contributed by atoms with Crippen LogP contribution in [-0.2, 0) is 14.3 Å². The fourth-order valence-electron chi connectivity index (χ4n) is 1.83. The number of nitrogens with two attached hydrogens (primary N) is 1. The maximum atomic E-state index is 13.9. The van der Waals surface area contributed by atoms with Crippen molar-refractivity contribution in [3.05, 3.63) is 29.7 Å². The zero-order chi connectivity index (χ0) is 22.4. The zero-order valence-corrected chi connectivity index (χ0v) is 16.1. The number of esters is 1. The molecule has 0 fully saturated rings. The van der Waals surface area contributed by atoms with E-state index in [9.17, 15) is 27.2 Å². The second-order valence-electron chi connectivity index (χ2n) is 6.39. The Kier molecular flexibility index (Phi) is 7.69. The lowest BCUT2D eigenvalue weighted by Gasteiger charge is -2.19. The van der Waals surface area contributed by atoms with Gasteiger partial charge in [-0.3, -0.25) is 5.32 Å². The number of halogens is 4. The van der Waals surface area contributed by atoms with E-state index in [0.717, 1.165) is 12.1 Å². The number of carbonyl (C=O) groups is 2. The Balaban J connectivity index is 3.34. The molecule has 0 saturated heterocycles. The Morgan fingerprint density at radius 3 is 2.38 bits per heavy atom. The van der Waals surface area contributed by atoms with Gasteiger partial charge in [-0.2, -0.15) is 13.2 Å². The first-order valence-electron chi connectivity index (χ1n) is 8.20. The van der Waals surface area contributed by atoms with Crippen LogP contribution < -0.4 is 11.1 Å². The van der Waals surface area contributed by atoms with E-state index in [1.54, 1.807) is 20.8 Å². The van der Waals surface area contributed by atoms with Gasteiger partial charge in [0.2, 0.25) is 0 Å². The van der Waals surface area contributed by atoms with E-state index in [2.05, 4.69) is 14.7 Å². The lowest BCUT2D eigenvalue weighted by molar-refractivity contribution is -0.138. The number of aliphatic imine (C=N–C) groups is 1. The van der Waals surface area contributed by atoms with Gasteiger partial charge in [0.25, 0.3) is 0 Å². The lowest BCUT2D eigenvalue weighted by Crippen LogP contribution is -2.30. The largest absolute Gasteiger partial charge is 0.462 e. The standard InChI is InChI=1S/C17H20F4N4O4/c1-5-28-14(26)9(8-22)12(17(19,20)21)23-11-7-6-10(18)13(24-11)25-15(27)29-16(2,3)4/h6-8H,5,22H2,1-4H3,(H,24,25,27). The molecule has 29 heavy (non-hydrogen) atoms. The van der Waals surface area contributed by atoms with Crippen molar-refractivity contribution in [3.63, 3.8) is 0 Å². The van der Waals surface area contributed by atoms with Crippen LogP contribution >= 0.6 is 0 Å². The predicted molar refractivity (Wildman–Crippen MR) is 96.1 cm³/mol. The molecule has 0 aliphatic rings. The van der Waals surface area contributed by atoms with Gasteiger partial charge in [0.05, 0.1) is 6.61 Å². The van der Waals surface area contributed by atoms with Gasteiger partial charge < -0.3 is 15.2 Å². The van der Waals surface area contributed by atoms with E-state index in [4.69, 9.17) is 10.5 Å². The fourth-order valence-corrected chi connectivity index (χ4v) is 1.83. The molecule has 0 radical (unpaired) electrons. The molecule has 0 spiro atoms. The van der Waals surface area contributed by atoms with Crippen LogP contribution in [-0.4, -0.2) is 41.1 Å². The summed E-state index contributed by atoms with van der Waals surface area (Å²) >= 11 is 0. The lowest BCUT2D eigenvalue weighted by atomic mass is 10.1. The zero-order valence-electron chi connectivity index (χ0n) is 16.1. The topological polar surface area (TPSA) is 116 Å². The van der Waals surface area contributed by atoms with E-state index in [1.807, 2.05) is 5.32 Å². The van der Waals surface area contributed by atoms with Crippen molar-refractivity contribution in [3.8, 4) is 0 Å². The number of anilines is 1. The van der Waals surface area contributed by atoms with E-state index in [1.165, 1.54) is 6.92 Å². The van der Waals surface area contributed by atoms with Gasteiger partial charge in [0.15, 0.2) is 23.2 Å². The summed E-state index contributed by atoms with van der Waals surface area (Å²) in [6, 6.07) is 1.56. The summed E-state index contributed by atoms with van der Waals surface area (Å²) in [6.45, 7) is 5.88. The van der Waals surface area contributed by atoms with Gasteiger partial charge in [-0.05, 0) is 39.8 Å². The molecule has 1 aromatic rings. The van der Waals surface area contributed by atoms with Crippen molar-refractivity contribution in [2.45, 2.75) is 39.5 Å². The molecular weight excluding hydrogens is 400 g/mol. The first-order chi connectivity index (χ1) is 13.3. The molecule has 0 aliphatic heterocycles. The molecule has 0 atom stereocenters. The highest BCUT2D eigenvalue weighted by atomic mass is 19.4. The number of carbonyl (C=O) groups excluding carboxylic acids is 2. The van der Waals surface area contributed by atoms with Crippen molar-refractivity contribution in [2.24, 2.45) is 10.7 Å². The minimum atomic E-state index is -5.10. The number of hydrogen-bond donors (Lipinski definition) is 2. The summed E-state index contributed by atoms with van der Waals surface area (Å²) in [4.78, 5) is 30.3. The smallest absolute Gasteiger partial charge is 0.434 e. The van der Waals surface area contributed by atoms with Crippen LogP contribution in [0, 0.1) is 5.82 Å². The fraction of sp³-hybridized carbons (Fsp3) is 0.412. The first-order valence-corrected chi connectivity index (χ1v) is 8.20. The summed E-state index contributed by atoms with van der Waals surface area (Å²) in [6.07, 6.45) is -5.78. The van der Waals surface area contributed by atoms with Crippen LogP contribution in [0.5, 0.6) is 0 Å². The van der Waals surface area contributed by atoms with E-state index in [0.29, 0.717) is 6.20 Å². The third-order valence-corrected chi connectivity index (χ3v) is 2.86. The average molecular weight is 420 g/mol. The number of nitrogens with zero attached hydrogens (tertiary/aromatic N) is 2. The number of amides is 1. The monoisotopic (exact) mass is 420 g/mol. The minimum absolute atomic E-state index is 0.194. The first kappa shape index (κ1) is 23.9. The van der Waals surface area contributed by atoms with Gasteiger partial charge in [0, 0.05) is 6.20 Å². The van der Waals surface area contributed by atoms with E-state index >= 15 is 0 Å². The predicted octanol–water partition coefficient (Wildman–Crippen LogP) is 3.61. The summed E-state index contributed by atoms with van der Waals surface area (Å²) in [7, 11) is 0. The Bertz CT molecular complexity index is 830. The normalized spacial score (nSPS) is 13.1. The third-order valence-electron chi connectivity index (χ3n) is 2.86. The number of rotatable bonds is 5. The minimum Gasteiger partial charge on any atom is -0.462 e. The number of nitrogens with one attached hydrogen (secondary N) is 1. The Hall–Kier alpha value is -3.18. The molecule has 1 heterocycles. The second-order valence-corrected chi connectivity index (χ2v) is 6.39. The van der Waals surface area contributed by atoms with Crippen LogP contribution in [0.25, 0.3) is 0 Å². The van der Waals surface area contributed by atoms with Crippen LogP contribution in [0.4, 0.5) is 34.0 Å². The van der Waals surface area contributed by atoms with Crippen molar-refractivity contribution in [2.75, 3.05) is 11.9 Å². The highest BCUT2D eigenvalue weighted by Gasteiger charge is 2.41. The number of hydrogen-bond acceptors (Lipinski definition) is 7. The van der Waals surface area contributed by atoms with Gasteiger partial charge in [-0.25, -0.2) is 24.0 Å². The summed E-state index contributed by atoms with van der Waals surface area (Å²) in [5, 5.41) is 1.98. The molecule has 12 heteroatoms. The van der Waals surface area contributed by atoms with Crippen molar-refractivity contribution in [1.29, 1.82) is 0 Å². The van der Waals surface area contributed by atoms with Crippen molar-refractivity contribution < 1.29 is 36.6 Å². The average Bonchev–Trinajstić information content (AvgIpc) is 2.55. The molecule has 1 amide bonds. The molecule has 1 aromatic heterocycles. The molecule has 3 N–H and O–H groups in total. The summed E-state index contributed by atoms with van der Waals surface area (Å²) in [5.74, 6) is -3.74. The SMILES string of the molecule is CCOC(=O)C(=CN)C(=Nc1ccc(F)c(NC(=O)OC(C)(C)C)n1)C(F)(F)F. The number of ether oxygens (including phenoxy) is 2. The Morgan fingerprint density at radius 2 is 1.90 bits per heavy atom. The molecule has 0 aromatic carbocycles. The number of pyridine rings is 1. The van der Waals surface area contributed by atoms with Gasteiger partial charge in [0.1, 0.15) is 11.2 Å². The molecule has 8 nitrogen and oxygen atoms in total. The van der Waals surface area contributed by atoms with Gasteiger partial charge in [-0.1, -0.05) is 0 Å². The Labute approximate surface area is 163 Å². The molecule has 0 aliphatic carbocycles.